The van der Waals surface area contributed by atoms with Gasteiger partial charge in [-0.25, -0.2) is 0 Å². The summed E-state index contributed by atoms with van der Waals surface area (Å²) in [7, 11) is 0. The third kappa shape index (κ3) is 5.68. The van der Waals surface area contributed by atoms with Gasteiger partial charge in [-0.2, -0.15) is 0 Å². The van der Waals surface area contributed by atoms with Gasteiger partial charge in [0.1, 0.15) is 5.75 Å². The highest BCUT2D eigenvalue weighted by atomic mass is 16.5. The van der Waals surface area contributed by atoms with Crippen LogP contribution in [0, 0.1) is 0 Å². The predicted molar refractivity (Wildman–Crippen MR) is 70.6 cm³/mol. The number of aliphatic hydroxyl groups excluding tert-OH is 1. The summed E-state index contributed by atoms with van der Waals surface area (Å²) >= 11 is 0. The van der Waals surface area contributed by atoms with E-state index in [1.807, 2.05) is 32.9 Å². The average molecular weight is 251 g/mol. The van der Waals surface area contributed by atoms with Crippen molar-refractivity contribution in [2.24, 2.45) is 0 Å². The molecule has 0 heterocycles. The molecule has 18 heavy (non-hydrogen) atoms. The van der Waals surface area contributed by atoms with Gasteiger partial charge in [0.15, 0.2) is 6.61 Å². The van der Waals surface area contributed by atoms with Crippen LogP contribution in [0.2, 0.25) is 0 Å². The zero-order valence-electron chi connectivity index (χ0n) is 11.2. The SMILES string of the molecule is CC(C)(C)NC(=O)COc1ccc(CCO)cc1. The second-order valence-corrected chi connectivity index (χ2v) is 5.20. The fourth-order valence-corrected chi connectivity index (χ4v) is 1.48. The Labute approximate surface area is 108 Å². The van der Waals surface area contributed by atoms with E-state index in [2.05, 4.69) is 5.32 Å². The zero-order chi connectivity index (χ0) is 13.6. The van der Waals surface area contributed by atoms with Crippen LogP contribution in [0.25, 0.3) is 0 Å². The van der Waals surface area contributed by atoms with Gasteiger partial charge in [-0.15, -0.1) is 0 Å². The van der Waals surface area contributed by atoms with E-state index in [-0.39, 0.29) is 24.7 Å². The Bertz CT molecular complexity index is 379. The molecule has 0 aromatic heterocycles. The van der Waals surface area contributed by atoms with Crippen molar-refractivity contribution in [1.29, 1.82) is 0 Å². The van der Waals surface area contributed by atoms with E-state index in [0.29, 0.717) is 12.2 Å². The lowest BCUT2D eigenvalue weighted by Crippen LogP contribution is -2.43. The summed E-state index contributed by atoms with van der Waals surface area (Å²) in [5.41, 5.74) is 0.801. The molecule has 1 aromatic carbocycles. The Kier molecular flexibility index (Phi) is 5.16. The molecule has 0 fully saturated rings. The maximum atomic E-state index is 11.5. The van der Waals surface area contributed by atoms with Crippen LogP contribution in [0.1, 0.15) is 26.3 Å². The molecule has 0 spiro atoms. The number of rotatable bonds is 5. The number of carbonyl (C=O) groups excluding carboxylic acids is 1. The summed E-state index contributed by atoms with van der Waals surface area (Å²) in [5, 5.41) is 11.6. The molecule has 0 unspecified atom stereocenters. The van der Waals surface area contributed by atoms with Crippen molar-refractivity contribution in [3.63, 3.8) is 0 Å². The van der Waals surface area contributed by atoms with Gasteiger partial charge >= 0.3 is 0 Å². The second kappa shape index (κ2) is 6.40. The second-order valence-electron chi connectivity index (χ2n) is 5.20. The highest BCUT2D eigenvalue weighted by Gasteiger charge is 2.13. The first kappa shape index (κ1) is 14.5. The van der Waals surface area contributed by atoms with Crippen molar-refractivity contribution < 1.29 is 14.6 Å². The molecule has 0 saturated carbocycles. The summed E-state index contributed by atoms with van der Waals surface area (Å²) in [4.78, 5) is 11.5. The Balaban J connectivity index is 2.41. The molecule has 0 radical (unpaired) electrons. The van der Waals surface area contributed by atoms with Crippen LogP contribution in [0.5, 0.6) is 5.75 Å². The normalized spacial score (nSPS) is 11.1. The van der Waals surface area contributed by atoms with E-state index in [4.69, 9.17) is 9.84 Å². The fraction of sp³-hybridized carbons (Fsp3) is 0.500. The monoisotopic (exact) mass is 251 g/mol. The van der Waals surface area contributed by atoms with Crippen molar-refractivity contribution >= 4 is 5.91 Å². The number of hydrogen-bond acceptors (Lipinski definition) is 3. The molecule has 0 aliphatic carbocycles. The lowest BCUT2D eigenvalue weighted by molar-refractivity contribution is -0.124. The first-order valence-corrected chi connectivity index (χ1v) is 6.04. The summed E-state index contributed by atoms with van der Waals surface area (Å²) < 4.78 is 5.37. The molecule has 2 N–H and O–H groups in total. The van der Waals surface area contributed by atoms with Crippen LogP contribution < -0.4 is 10.1 Å². The van der Waals surface area contributed by atoms with Gasteiger partial charge in [-0.1, -0.05) is 12.1 Å². The molecule has 0 bridgehead atoms. The number of ether oxygens (including phenoxy) is 1. The minimum absolute atomic E-state index is 0.0105. The summed E-state index contributed by atoms with van der Waals surface area (Å²) in [5.74, 6) is 0.516. The molecule has 0 atom stereocenters. The predicted octanol–water partition coefficient (Wildman–Crippen LogP) is 1.51. The molecule has 1 aromatic rings. The third-order valence-electron chi connectivity index (χ3n) is 2.21. The van der Waals surface area contributed by atoms with Crippen LogP contribution in [-0.4, -0.2) is 29.8 Å². The Morgan fingerprint density at radius 3 is 2.39 bits per heavy atom. The minimum atomic E-state index is -0.245. The number of aliphatic hydroxyl groups is 1. The van der Waals surface area contributed by atoms with Gasteiger partial charge in [0, 0.05) is 12.1 Å². The van der Waals surface area contributed by atoms with Crippen molar-refractivity contribution in [3.05, 3.63) is 29.8 Å². The highest BCUT2D eigenvalue weighted by Crippen LogP contribution is 2.12. The molecule has 100 valence electrons. The van der Waals surface area contributed by atoms with Crippen molar-refractivity contribution in [2.45, 2.75) is 32.7 Å². The Morgan fingerprint density at radius 2 is 1.89 bits per heavy atom. The summed E-state index contributed by atoms with van der Waals surface area (Å²) in [6, 6.07) is 7.37. The number of carbonyl (C=O) groups is 1. The van der Waals surface area contributed by atoms with E-state index in [1.165, 1.54) is 0 Å². The first-order valence-electron chi connectivity index (χ1n) is 6.04. The van der Waals surface area contributed by atoms with E-state index in [0.717, 1.165) is 5.56 Å². The maximum Gasteiger partial charge on any atom is 0.258 e. The summed E-state index contributed by atoms with van der Waals surface area (Å²) in [6.07, 6.45) is 0.630. The zero-order valence-corrected chi connectivity index (χ0v) is 11.2. The number of hydrogen-bond donors (Lipinski definition) is 2. The van der Waals surface area contributed by atoms with Crippen LogP contribution in [0.15, 0.2) is 24.3 Å². The van der Waals surface area contributed by atoms with E-state index < -0.39 is 0 Å². The van der Waals surface area contributed by atoms with Crippen LogP contribution in [-0.2, 0) is 11.2 Å². The first-order chi connectivity index (χ1) is 8.40. The standard InChI is InChI=1S/C14H21NO3/c1-14(2,3)15-13(17)10-18-12-6-4-11(5-7-12)8-9-16/h4-7,16H,8-10H2,1-3H3,(H,15,17). The van der Waals surface area contributed by atoms with E-state index in [9.17, 15) is 4.79 Å². The van der Waals surface area contributed by atoms with Crippen molar-refractivity contribution in [2.75, 3.05) is 13.2 Å². The molecular formula is C14H21NO3. The smallest absolute Gasteiger partial charge is 0.258 e. The van der Waals surface area contributed by atoms with Gasteiger partial charge in [-0.3, -0.25) is 4.79 Å². The summed E-state index contributed by atoms with van der Waals surface area (Å²) in [6.45, 7) is 5.92. The number of benzene rings is 1. The van der Waals surface area contributed by atoms with Crippen LogP contribution >= 0.6 is 0 Å². The molecule has 0 aliphatic rings. The lowest BCUT2D eigenvalue weighted by atomic mass is 10.1. The molecule has 0 aliphatic heterocycles. The van der Waals surface area contributed by atoms with Crippen molar-refractivity contribution in [1.82, 2.24) is 5.32 Å². The minimum Gasteiger partial charge on any atom is -0.484 e. The van der Waals surface area contributed by atoms with Gasteiger partial charge in [-0.05, 0) is 44.9 Å². The largest absolute Gasteiger partial charge is 0.484 e. The van der Waals surface area contributed by atoms with Gasteiger partial charge < -0.3 is 15.2 Å². The maximum absolute atomic E-state index is 11.5. The Morgan fingerprint density at radius 1 is 1.28 bits per heavy atom. The van der Waals surface area contributed by atoms with E-state index in [1.54, 1.807) is 12.1 Å². The number of nitrogens with one attached hydrogen (secondary N) is 1. The average Bonchev–Trinajstić information content (AvgIpc) is 2.26. The molecule has 4 heteroatoms. The third-order valence-corrected chi connectivity index (χ3v) is 2.21. The van der Waals surface area contributed by atoms with Crippen LogP contribution in [0.4, 0.5) is 0 Å². The number of amides is 1. The molecule has 1 rings (SSSR count). The molecular weight excluding hydrogens is 230 g/mol. The van der Waals surface area contributed by atoms with Gasteiger partial charge in [0.05, 0.1) is 0 Å². The Hall–Kier alpha value is -1.55. The van der Waals surface area contributed by atoms with Gasteiger partial charge in [0.25, 0.3) is 5.91 Å². The quantitative estimate of drug-likeness (QED) is 0.834. The molecule has 0 saturated heterocycles. The lowest BCUT2D eigenvalue weighted by Gasteiger charge is -2.20. The van der Waals surface area contributed by atoms with Crippen LogP contribution in [0.3, 0.4) is 0 Å². The highest BCUT2D eigenvalue weighted by molar-refractivity contribution is 5.78. The molecule has 1 amide bonds. The molecule has 4 nitrogen and oxygen atoms in total. The van der Waals surface area contributed by atoms with Crippen molar-refractivity contribution in [3.8, 4) is 5.75 Å². The topological polar surface area (TPSA) is 58.6 Å². The van der Waals surface area contributed by atoms with Gasteiger partial charge in [0.2, 0.25) is 0 Å². The fourth-order valence-electron chi connectivity index (χ4n) is 1.48. The van der Waals surface area contributed by atoms with E-state index >= 15 is 0 Å².